The number of nitrogens with one attached hydrogen (secondary N) is 1. The van der Waals surface area contributed by atoms with Gasteiger partial charge in [-0.1, -0.05) is 0 Å². The fourth-order valence-corrected chi connectivity index (χ4v) is 0.592. The van der Waals surface area contributed by atoms with E-state index in [0.29, 0.717) is 0 Å². The summed E-state index contributed by atoms with van der Waals surface area (Å²) in [7, 11) is 0. The molecule has 0 saturated heterocycles. The summed E-state index contributed by atoms with van der Waals surface area (Å²) in [4.78, 5) is 10.3. The first kappa shape index (κ1) is 14.0. The number of hydrogen-bond acceptors (Lipinski definition) is 1. The van der Waals surface area contributed by atoms with Gasteiger partial charge in [-0.15, -0.1) is 0 Å². The van der Waals surface area contributed by atoms with Crippen LogP contribution in [-0.4, -0.2) is 30.5 Å². The van der Waals surface area contributed by atoms with Gasteiger partial charge in [0.2, 0.25) is 0 Å². The Morgan fingerprint density at radius 2 is 1.47 bits per heavy atom. The smallest absolute Gasteiger partial charge is 0.351 e. The first-order chi connectivity index (χ1) is 6.48. The Labute approximate surface area is 79.4 Å². The van der Waals surface area contributed by atoms with Crippen molar-refractivity contribution in [2.24, 2.45) is 0 Å². The van der Waals surface area contributed by atoms with Gasteiger partial charge in [0.15, 0.2) is 0 Å². The summed E-state index contributed by atoms with van der Waals surface area (Å²) in [6, 6.07) is 0. The van der Waals surface area contributed by atoms with E-state index in [2.05, 4.69) is 0 Å². The highest BCUT2D eigenvalue weighted by atomic mass is 19.4. The second-order valence-corrected chi connectivity index (χ2v) is 2.51. The molecule has 0 rings (SSSR count). The molecule has 9 heteroatoms. The summed E-state index contributed by atoms with van der Waals surface area (Å²) >= 11 is 0. The molecule has 0 bridgehead atoms. The summed E-state index contributed by atoms with van der Waals surface area (Å²) in [6.07, 6.45) is -6.48. The number of alkyl halides is 7. The molecule has 90 valence electrons. The molecule has 0 aromatic heterocycles. The quantitative estimate of drug-likeness (QED) is 0.752. The fourth-order valence-electron chi connectivity index (χ4n) is 0.592. The van der Waals surface area contributed by atoms with Crippen LogP contribution in [0.25, 0.3) is 0 Å². The van der Waals surface area contributed by atoms with Crippen LogP contribution in [0.15, 0.2) is 0 Å². The largest absolute Gasteiger partial charge is 0.460 e. The van der Waals surface area contributed by atoms with Gasteiger partial charge in [0, 0.05) is 6.54 Å². The highest BCUT2D eigenvalue weighted by molar-refractivity contribution is 5.84. The third-order valence-electron chi connectivity index (χ3n) is 1.37. The lowest BCUT2D eigenvalue weighted by atomic mass is 10.1. The van der Waals surface area contributed by atoms with Gasteiger partial charge < -0.3 is 5.32 Å². The van der Waals surface area contributed by atoms with Gasteiger partial charge in [-0.2, -0.15) is 30.7 Å². The second kappa shape index (κ2) is 3.86. The van der Waals surface area contributed by atoms with Crippen molar-refractivity contribution >= 4 is 5.91 Å². The molecule has 0 fully saturated rings. The first-order valence-corrected chi connectivity index (χ1v) is 3.59. The lowest BCUT2D eigenvalue weighted by Gasteiger charge is -2.26. The van der Waals surface area contributed by atoms with Crippen LogP contribution < -0.4 is 5.32 Å². The van der Waals surface area contributed by atoms with E-state index in [-0.39, 0.29) is 0 Å². The molecule has 0 aromatic carbocycles. The Morgan fingerprint density at radius 1 is 1.07 bits per heavy atom. The molecule has 0 aliphatic heterocycles. The van der Waals surface area contributed by atoms with E-state index in [1.54, 1.807) is 0 Å². The van der Waals surface area contributed by atoms with Crippen molar-refractivity contribution in [1.29, 1.82) is 0 Å². The van der Waals surface area contributed by atoms with Crippen molar-refractivity contribution in [3.05, 3.63) is 0 Å². The zero-order chi connectivity index (χ0) is 12.5. The highest BCUT2D eigenvalue weighted by Gasteiger charge is 2.76. The molecule has 0 heterocycles. The number of rotatable bonds is 3. The predicted molar refractivity (Wildman–Crippen MR) is 34.6 cm³/mol. The molecule has 0 spiro atoms. The van der Waals surface area contributed by atoms with Crippen molar-refractivity contribution in [2.75, 3.05) is 6.54 Å². The maximum absolute atomic E-state index is 12.4. The summed E-state index contributed by atoms with van der Waals surface area (Å²) in [5, 5.41) is 1.20. The molecule has 1 amide bonds. The zero-order valence-electron chi connectivity index (χ0n) is 7.26. The number of halogens is 7. The van der Waals surface area contributed by atoms with Crippen LogP contribution in [0.1, 0.15) is 6.92 Å². The van der Waals surface area contributed by atoms with E-state index in [9.17, 15) is 35.5 Å². The Morgan fingerprint density at radius 3 is 1.73 bits per heavy atom. The zero-order valence-corrected chi connectivity index (χ0v) is 7.26. The minimum atomic E-state index is -6.48. The molecule has 0 aliphatic rings. The molecule has 2 nitrogen and oxygen atoms in total. The van der Waals surface area contributed by atoms with Gasteiger partial charge in [-0.05, 0) is 6.92 Å². The third-order valence-corrected chi connectivity index (χ3v) is 1.37. The predicted octanol–water partition coefficient (Wildman–Crippen LogP) is 1.96. The average Bonchev–Trinajstić information content (AvgIpc) is 2.02. The van der Waals surface area contributed by atoms with Crippen LogP contribution in [0.5, 0.6) is 0 Å². The molecule has 0 atom stereocenters. The van der Waals surface area contributed by atoms with Gasteiger partial charge in [-0.3, -0.25) is 4.79 Å². The monoisotopic (exact) mass is 241 g/mol. The van der Waals surface area contributed by atoms with Crippen LogP contribution in [0, 0.1) is 0 Å². The van der Waals surface area contributed by atoms with Gasteiger partial charge in [-0.25, -0.2) is 0 Å². The minimum Gasteiger partial charge on any atom is -0.351 e. The van der Waals surface area contributed by atoms with E-state index in [4.69, 9.17) is 0 Å². The summed E-state index contributed by atoms with van der Waals surface area (Å²) in [5.41, 5.74) is 0. The molecular formula is C6H6F7NO. The van der Waals surface area contributed by atoms with Crippen LogP contribution >= 0.6 is 0 Å². The maximum atomic E-state index is 12.4. The summed E-state index contributed by atoms with van der Waals surface area (Å²) in [6.45, 7) is 0.613. The lowest BCUT2D eigenvalue weighted by molar-refractivity contribution is -0.344. The van der Waals surface area contributed by atoms with Crippen LogP contribution in [0.4, 0.5) is 30.7 Å². The number of hydrogen-bond donors (Lipinski definition) is 1. The maximum Gasteiger partial charge on any atom is 0.460 e. The molecule has 1 N–H and O–H groups in total. The van der Waals surface area contributed by atoms with Gasteiger partial charge in [0.25, 0.3) is 5.91 Å². The van der Waals surface area contributed by atoms with Crippen molar-refractivity contribution in [2.45, 2.75) is 24.9 Å². The van der Waals surface area contributed by atoms with E-state index in [1.807, 2.05) is 0 Å². The normalized spacial score (nSPS) is 13.9. The topological polar surface area (TPSA) is 29.1 Å². The van der Waals surface area contributed by atoms with Crippen molar-refractivity contribution in [1.82, 2.24) is 5.32 Å². The molecule has 0 radical (unpaired) electrons. The van der Waals surface area contributed by atoms with Gasteiger partial charge in [0.1, 0.15) is 0 Å². The van der Waals surface area contributed by atoms with Crippen molar-refractivity contribution in [3.8, 4) is 0 Å². The van der Waals surface area contributed by atoms with Crippen LogP contribution in [0.2, 0.25) is 0 Å². The van der Waals surface area contributed by atoms with Crippen molar-refractivity contribution in [3.63, 3.8) is 0 Å². The van der Waals surface area contributed by atoms with Gasteiger partial charge in [0.05, 0.1) is 0 Å². The van der Waals surface area contributed by atoms with Crippen LogP contribution in [-0.2, 0) is 4.79 Å². The Hall–Kier alpha value is -1.02. The molecule has 15 heavy (non-hydrogen) atoms. The fraction of sp³-hybridized carbons (Fsp3) is 0.833. The van der Waals surface area contributed by atoms with Crippen molar-refractivity contribution < 1.29 is 35.5 Å². The molecule has 0 aliphatic carbocycles. The average molecular weight is 241 g/mol. The molecule has 0 saturated carbocycles. The number of carbonyl (C=O) groups excluding carboxylic acids is 1. The number of carbonyl (C=O) groups is 1. The third kappa shape index (κ3) is 2.32. The second-order valence-electron chi connectivity index (χ2n) is 2.51. The SMILES string of the molecule is CCNC(=O)C(F)(F)C(F)(F)C(F)(F)F. The van der Waals surface area contributed by atoms with Crippen LogP contribution in [0.3, 0.4) is 0 Å². The Kier molecular flexibility index (Phi) is 3.59. The summed E-state index contributed by atoms with van der Waals surface area (Å²) in [5.74, 6) is -14.9. The van der Waals surface area contributed by atoms with Gasteiger partial charge >= 0.3 is 18.0 Å². The Bertz CT molecular complexity index is 246. The molecular weight excluding hydrogens is 235 g/mol. The minimum absolute atomic E-state index is 0.484. The molecule has 0 unspecified atom stereocenters. The van der Waals surface area contributed by atoms with E-state index >= 15 is 0 Å². The van der Waals surface area contributed by atoms with E-state index < -0.39 is 30.5 Å². The van der Waals surface area contributed by atoms with E-state index in [1.165, 1.54) is 5.32 Å². The standard InChI is InChI=1S/C6H6F7NO/c1-2-14-3(15)4(7,8)5(9,10)6(11,12)13/h2H2,1H3,(H,14,15). The highest BCUT2D eigenvalue weighted by Crippen LogP contribution is 2.46. The number of amides is 1. The van der Waals surface area contributed by atoms with E-state index in [0.717, 1.165) is 6.92 Å². The first-order valence-electron chi connectivity index (χ1n) is 3.59. The lowest BCUT2D eigenvalue weighted by Crippen LogP contribution is -2.59. The summed E-state index contributed by atoms with van der Waals surface area (Å²) < 4.78 is 83.6. The molecule has 0 aromatic rings. The Balaban J connectivity index is 5.10.